The molecule has 0 unspecified atom stereocenters. The second kappa shape index (κ2) is 4.35. The van der Waals surface area contributed by atoms with Crippen LogP contribution in [0.5, 0.6) is 0 Å². The summed E-state index contributed by atoms with van der Waals surface area (Å²) < 4.78 is 0. The molecule has 1 amide bonds. The lowest BCUT2D eigenvalue weighted by Crippen LogP contribution is -2.29. The van der Waals surface area contributed by atoms with Gasteiger partial charge in [0.25, 0.3) is 5.91 Å². The molecule has 0 saturated heterocycles. The molecule has 2 N–H and O–H groups in total. The first-order chi connectivity index (χ1) is 9.15. The molecule has 1 aliphatic heterocycles. The van der Waals surface area contributed by atoms with Gasteiger partial charge in [0.15, 0.2) is 0 Å². The Morgan fingerprint density at radius 1 is 1.32 bits per heavy atom. The summed E-state index contributed by atoms with van der Waals surface area (Å²) in [5.74, 6) is -0.128. The van der Waals surface area contributed by atoms with Gasteiger partial charge in [-0.1, -0.05) is 6.07 Å². The van der Waals surface area contributed by atoms with Crippen molar-refractivity contribution >= 4 is 17.3 Å². The highest BCUT2D eigenvalue weighted by molar-refractivity contribution is 6.06. The number of aryl methyl sites for hydroxylation is 1. The molecule has 0 fully saturated rings. The first-order valence-electron chi connectivity index (χ1n) is 6.14. The van der Waals surface area contributed by atoms with Crippen molar-refractivity contribution in [2.24, 2.45) is 0 Å². The molecule has 1 aromatic carbocycles. The lowest BCUT2D eigenvalue weighted by Gasteiger charge is -2.16. The van der Waals surface area contributed by atoms with Crippen molar-refractivity contribution in [1.29, 1.82) is 0 Å². The minimum absolute atomic E-state index is 0.128. The Bertz CT molecular complexity index is 636. The third-order valence-electron chi connectivity index (χ3n) is 3.25. The number of nitrogens with two attached hydrogens (primary N) is 1. The molecule has 1 aliphatic rings. The molecule has 2 aromatic rings. The number of anilines is 2. The zero-order valence-corrected chi connectivity index (χ0v) is 10.6. The van der Waals surface area contributed by atoms with Crippen LogP contribution in [0.15, 0.2) is 30.6 Å². The van der Waals surface area contributed by atoms with Crippen molar-refractivity contribution in [3.05, 3.63) is 47.5 Å². The average molecular weight is 254 g/mol. The molecule has 2 heterocycles. The summed E-state index contributed by atoms with van der Waals surface area (Å²) >= 11 is 0. The molecule has 3 rings (SSSR count). The molecule has 0 aliphatic carbocycles. The zero-order chi connectivity index (χ0) is 13.4. The number of aromatic nitrogens is 2. The molecule has 0 bridgehead atoms. The highest BCUT2D eigenvalue weighted by atomic mass is 16.2. The van der Waals surface area contributed by atoms with Gasteiger partial charge < -0.3 is 10.6 Å². The number of rotatable bonds is 1. The highest BCUT2D eigenvalue weighted by Crippen LogP contribution is 2.30. The van der Waals surface area contributed by atoms with Crippen LogP contribution in [-0.2, 0) is 6.42 Å². The van der Waals surface area contributed by atoms with Crippen LogP contribution in [0.2, 0.25) is 0 Å². The van der Waals surface area contributed by atoms with Crippen LogP contribution in [0.25, 0.3) is 0 Å². The van der Waals surface area contributed by atoms with Gasteiger partial charge >= 0.3 is 0 Å². The van der Waals surface area contributed by atoms with Gasteiger partial charge in [-0.15, -0.1) is 0 Å². The normalized spacial score (nSPS) is 13.4. The number of nitrogen functional groups attached to an aromatic ring is 1. The maximum Gasteiger partial charge on any atom is 0.278 e. The summed E-state index contributed by atoms with van der Waals surface area (Å²) in [4.78, 5) is 22.4. The summed E-state index contributed by atoms with van der Waals surface area (Å²) in [5, 5.41) is 0. The predicted octanol–water partition coefficient (Wildman–Crippen LogP) is 1.57. The van der Waals surface area contributed by atoms with Crippen molar-refractivity contribution in [2.45, 2.75) is 13.3 Å². The minimum Gasteiger partial charge on any atom is -0.399 e. The fraction of sp³-hybridized carbons (Fsp3) is 0.214. The van der Waals surface area contributed by atoms with Crippen LogP contribution >= 0.6 is 0 Å². The van der Waals surface area contributed by atoms with Gasteiger partial charge in [0.2, 0.25) is 0 Å². The number of hydrogen-bond donors (Lipinski definition) is 1. The smallest absolute Gasteiger partial charge is 0.278 e. The topological polar surface area (TPSA) is 72.1 Å². The molecule has 5 nitrogen and oxygen atoms in total. The molecular formula is C14H14N4O. The average Bonchev–Trinajstić information content (AvgIpc) is 2.81. The van der Waals surface area contributed by atoms with E-state index in [2.05, 4.69) is 9.97 Å². The molecule has 19 heavy (non-hydrogen) atoms. The Hall–Kier alpha value is -2.43. The van der Waals surface area contributed by atoms with Crippen molar-refractivity contribution in [2.75, 3.05) is 17.2 Å². The Balaban J connectivity index is 1.95. The lowest BCUT2D eigenvalue weighted by molar-refractivity contribution is 0.0984. The van der Waals surface area contributed by atoms with Gasteiger partial charge in [0.05, 0.1) is 11.9 Å². The molecule has 0 spiro atoms. The van der Waals surface area contributed by atoms with Gasteiger partial charge in [0, 0.05) is 24.1 Å². The first-order valence-corrected chi connectivity index (χ1v) is 6.14. The molecule has 0 atom stereocenters. The van der Waals surface area contributed by atoms with Gasteiger partial charge in [-0.05, 0) is 31.0 Å². The summed E-state index contributed by atoms with van der Waals surface area (Å²) in [6.45, 7) is 2.50. The first kappa shape index (κ1) is 11.6. The third kappa shape index (κ3) is 2.03. The monoisotopic (exact) mass is 254 g/mol. The van der Waals surface area contributed by atoms with E-state index >= 15 is 0 Å². The summed E-state index contributed by atoms with van der Waals surface area (Å²) in [6, 6.07) is 5.67. The van der Waals surface area contributed by atoms with E-state index in [0.717, 1.165) is 23.4 Å². The number of hydrogen-bond acceptors (Lipinski definition) is 4. The minimum atomic E-state index is -0.128. The van der Waals surface area contributed by atoms with E-state index in [1.54, 1.807) is 11.1 Å². The van der Waals surface area contributed by atoms with Gasteiger partial charge in [-0.25, -0.2) is 4.98 Å². The number of fused-ring (bicyclic) bond motifs is 1. The molecular weight excluding hydrogens is 240 g/mol. The van der Waals surface area contributed by atoms with Crippen molar-refractivity contribution in [3.63, 3.8) is 0 Å². The number of carbonyl (C=O) groups excluding carboxylic acids is 1. The maximum absolute atomic E-state index is 12.4. The van der Waals surface area contributed by atoms with Crippen molar-refractivity contribution < 1.29 is 4.79 Å². The van der Waals surface area contributed by atoms with Crippen LogP contribution < -0.4 is 10.6 Å². The quantitative estimate of drug-likeness (QED) is 0.784. The van der Waals surface area contributed by atoms with E-state index in [9.17, 15) is 4.79 Å². The molecule has 0 saturated carbocycles. The molecule has 1 aromatic heterocycles. The van der Waals surface area contributed by atoms with Gasteiger partial charge in [-0.2, -0.15) is 0 Å². The van der Waals surface area contributed by atoms with Crippen LogP contribution in [0.4, 0.5) is 11.4 Å². The second-order valence-corrected chi connectivity index (χ2v) is 4.64. The molecule has 5 heteroatoms. The fourth-order valence-electron chi connectivity index (χ4n) is 2.25. The van der Waals surface area contributed by atoms with Gasteiger partial charge in [0.1, 0.15) is 5.69 Å². The summed E-state index contributed by atoms with van der Waals surface area (Å²) in [5.41, 5.74) is 9.63. The van der Waals surface area contributed by atoms with E-state index in [1.165, 1.54) is 6.20 Å². The Morgan fingerprint density at radius 2 is 2.16 bits per heavy atom. The Morgan fingerprint density at radius 3 is 2.89 bits per heavy atom. The summed E-state index contributed by atoms with van der Waals surface area (Å²) in [7, 11) is 0. The largest absolute Gasteiger partial charge is 0.399 e. The Kier molecular flexibility index (Phi) is 2.67. The lowest BCUT2D eigenvalue weighted by atomic mass is 10.1. The van der Waals surface area contributed by atoms with Crippen LogP contribution in [-0.4, -0.2) is 22.4 Å². The van der Waals surface area contributed by atoms with Crippen LogP contribution in [0, 0.1) is 6.92 Å². The van der Waals surface area contributed by atoms with Crippen LogP contribution in [0.3, 0.4) is 0 Å². The van der Waals surface area contributed by atoms with Crippen LogP contribution in [0.1, 0.15) is 21.7 Å². The van der Waals surface area contributed by atoms with Gasteiger partial charge in [-0.3, -0.25) is 9.78 Å². The van der Waals surface area contributed by atoms with Crippen molar-refractivity contribution in [3.8, 4) is 0 Å². The number of amides is 1. The van der Waals surface area contributed by atoms with E-state index in [4.69, 9.17) is 5.73 Å². The molecule has 0 radical (unpaired) electrons. The Labute approximate surface area is 111 Å². The highest BCUT2D eigenvalue weighted by Gasteiger charge is 2.26. The molecule has 96 valence electrons. The fourth-order valence-corrected chi connectivity index (χ4v) is 2.25. The van der Waals surface area contributed by atoms with E-state index in [-0.39, 0.29) is 5.91 Å². The number of benzene rings is 1. The van der Waals surface area contributed by atoms with Crippen molar-refractivity contribution in [1.82, 2.24) is 9.97 Å². The standard InChI is InChI=1S/C14H14N4O/c1-9-7-17-12(8-16-9)14(19)18-5-4-10-2-3-11(15)6-13(10)18/h2-3,6-8H,4-5,15H2,1H3. The van der Waals surface area contributed by atoms with E-state index in [0.29, 0.717) is 17.9 Å². The van der Waals surface area contributed by atoms with E-state index < -0.39 is 0 Å². The summed E-state index contributed by atoms with van der Waals surface area (Å²) in [6.07, 6.45) is 3.96. The zero-order valence-electron chi connectivity index (χ0n) is 10.6. The maximum atomic E-state index is 12.4. The SMILES string of the molecule is Cc1cnc(C(=O)N2CCc3ccc(N)cc32)cn1. The number of nitrogens with zero attached hydrogens (tertiary/aromatic N) is 3. The van der Waals surface area contributed by atoms with E-state index in [1.807, 2.05) is 25.1 Å². The second-order valence-electron chi connectivity index (χ2n) is 4.64. The predicted molar refractivity (Wildman–Crippen MR) is 73.0 cm³/mol. The number of carbonyl (C=O) groups is 1. The third-order valence-corrected chi connectivity index (χ3v) is 3.25.